The molecular weight excluding hydrogens is 304 g/mol. The minimum absolute atomic E-state index is 0.271. The minimum Gasteiger partial charge on any atom is -0.396 e. The highest BCUT2D eigenvalue weighted by atomic mass is 16.6. The van der Waals surface area contributed by atoms with E-state index in [-0.39, 0.29) is 28.1 Å². The second-order valence-corrected chi connectivity index (χ2v) is 4.88. The van der Waals surface area contributed by atoms with Crippen LogP contribution in [0.3, 0.4) is 0 Å². The first-order valence-corrected chi connectivity index (χ1v) is 6.51. The van der Waals surface area contributed by atoms with Crippen LogP contribution in [0.5, 0.6) is 0 Å². The van der Waals surface area contributed by atoms with Gasteiger partial charge in [-0.05, 0) is 20.8 Å². The number of carbonyl (C=O) groups is 5. The quantitative estimate of drug-likeness (QED) is 0.363. The second kappa shape index (κ2) is 6.39. The van der Waals surface area contributed by atoms with Gasteiger partial charge in [0.15, 0.2) is 17.3 Å². The van der Waals surface area contributed by atoms with Crippen molar-refractivity contribution < 1.29 is 28.7 Å². The Hall–Kier alpha value is -3.03. The molecule has 0 aliphatic carbocycles. The SMILES string of the molecule is CC(=O)OC(=O)c1c(C(C)=O)c(N)c(N)c(C(C)=O)c1C(C)=O. The maximum Gasteiger partial charge on any atom is 0.347 e. The van der Waals surface area contributed by atoms with E-state index in [1.54, 1.807) is 0 Å². The number of carbonyl (C=O) groups excluding carboxylic acids is 5. The Balaban J connectivity index is 4.06. The van der Waals surface area contributed by atoms with Gasteiger partial charge >= 0.3 is 11.9 Å². The van der Waals surface area contributed by atoms with Crippen molar-refractivity contribution in [3.63, 3.8) is 0 Å². The highest BCUT2D eigenvalue weighted by Gasteiger charge is 2.32. The van der Waals surface area contributed by atoms with Crippen LogP contribution in [0.1, 0.15) is 69.1 Å². The molecule has 0 fully saturated rings. The first-order chi connectivity index (χ1) is 10.5. The van der Waals surface area contributed by atoms with Crippen LogP contribution in [0.4, 0.5) is 11.4 Å². The van der Waals surface area contributed by atoms with Gasteiger partial charge in [0.05, 0.1) is 28.1 Å². The summed E-state index contributed by atoms with van der Waals surface area (Å²) in [7, 11) is 0. The van der Waals surface area contributed by atoms with Crippen molar-refractivity contribution in [2.45, 2.75) is 27.7 Å². The second-order valence-electron chi connectivity index (χ2n) is 4.88. The molecule has 1 rings (SSSR count). The largest absolute Gasteiger partial charge is 0.396 e. The van der Waals surface area contributed by atoms with Crippen molar-refractivity contribution in [1.82, 2.24) is 0 Å². The predicted octanol–water partition coefficient (Wildman–Crippen LogP) is 1.16. The Morgan fingerprint density at radius 3 is 1.30 bits per heavy atom. The van der Waals surface area contributed by atoms with Gasteiger partial charge in [-0.1, -0.05) is 0 Å². The molecule has 1 aromatic rings. The number of hydrogen-bond donors (Lipinski definition) is 2. The molecule has 0 aliphatic rings. The minimum atomic E-state index is -1.25. The third-order valence-corrected chi connectivity index (χ3v) is 3.08. The van der Waals surface area contributed by atoms with Crippen LogP contribution in [-0.4, -0.2) is 29.3 Å². The monoisotopic (exact) mass is 320 g/mol. The van der Waals surface area contributed by atoms with E-state index < -0.39 is 34.9 Å². The summed E-state index contributed by atoms with van der Waals surface area (Å²) in [5.74, 6) is -4.17. The van der Waals surface area contributed by atoms with Crippen LogP contribution in [-0.2, 0) is 9.53 Å². The van der Waals surface area contributed by atoms with Crippen LogP contribution >= 0.6 is 0 Å². The molecule has 4 N–H and O–H groups in total. The molecule has 23 heavy (non-hydrogen) atoms. The molecule has 0 bridgehead atoms. The van der Waals surface area contributed by atoms with Crippen LogP contribution in [0.15, 0.2) is 0 Å². The average molecular weight is 320 g/mol. The number of hydrogen-bond acceptors (Lipinski definition) is 8. The van der Waals surface area contributed by atoms with Gasteiger partial charge < -0.3 is 16.2 Å². The number of nitrogen functional groups attached to an aromatic ring is 2. The van der Waals surface area contributed by atoms with E-state index in [0.717, 1.165) is 27.7 Å². The van der Waals surface area contributed by atoms with E-state index in [2.05, 4.69) is 4.74 Å². The van der Waals surface area contributed by atoms with Gasteiger partial charge in [0.25, 0.3) is 0 Å². The Kier molecular flexibility index (Phi) is 5.00. The molecule has 8 heteroatoms. The average Bonchev–Trinajstić information content (AvgIpc) is 2.38. The lowest BCUT2D eigenvalue weighted by atomic mass is 9.87. The van der Waals surface area contributed by atoms with Crippen LogP contribution in [0, 0.1) is 0 Å². The van der Waals surface area contributed by atoms with Crippen LogP contribution < -0.4 is 11.5 Å². The van der Waals surface area contributed by atoms with E-state index in [0.29, 0.717) is 0 Å². The highest BCUT2D eigenvalue weighted by molar-refractivity contribution is 6.23. The van der Waals surface area contributed by atoms with Crippen LogP contribution in [0.25, 0.3) is 0 Å². The third-order valence-electron chi connectivity index (χ3n) is 3.08. The Morgan fingerprint density at radius 1 is 0.652 bits per heavy atom. The summed E-state index contributed by atoms with van der Waals surface area (Å²) in [4.78, 5) is 58.9. The Bertz CT molecular complexity index is 764. The topological polar surface area (TPSA) is 147 Å². The summed E-state index contributed by atoms with van der Waals surface area (Å²) in [6, 6.07) is 0. The Morgan fingerprint density at radius 2 is 1.00 bits per heavy atom. The fraction of sp³-hybridized carbons (Fsp3) is 0.267. The number of anilines is 2. The van der Waals surface area contributed by atoms with Crippen molar-refractivity contribution in [3.05, 3.63) is 22.3 Å². The number of rotatable bonds is 4. The fourth-order valence-corrected chi connectivity index (χ4v) is 2.26. The van der Waals surface area contributed by atoms with Gasteiger partial charge in [0.2, 0.25) is 0 Å². The highest BCUT2D eigenvalue weighted by Crippen LogP contribution is 2.34. The molecule has 0 unspecified atom stereocenters. The lowest BCUT2D eigenvalue weighted by molar-refractivity contribution is -0.135. The molecule has 0 aromatic heterocycles. The molecule has 0 radical (unpaired) electrons. The molecule has 0 saturated carbocycles. The number of benzene rings is 1. The van der Waals surface area contributed by atoms with Crippen molar-refractivity contribution in [1.29, 1.82) is 0 Å². The summed E-state index contributed by atoms with van der Waals surface area (Å²) in [5.41, 5.74) is 9.37. The van der Waals surface area contributed by atoms with Crippen molar-refractivity contribution >= 4 is 40.7 Å². The molecule has 0 amide bonds. The molecule has 1 aromatic carbocycles. The zero-order chi connectivity index (χ0) is 18.1. The zero-order valence-electron chi connectivity index (χ0n) is 13.1. The van der Waals surface area contributed by atoms with Gasteiger partial charge in [-0.3, -0.25) is 19.2 Å². The van der Waals surface area contributed by atoms with Crippen molar-refractivity contribution in [3.8, 4) is 0 Å². The summed E-state index contributed by atoms with van der Waals surface area (Å²) < 4.78 is 4.46. The van der Waals surface area contributed by atoms with Crippen molar-refractivity contribution in [2.75, 3.05) is 11.5 Å². The summed E-state index contributed by atoms with van der Waals surface area (Å²) >= 11 is 0. The summed E-state index contributed by atoms with van der Waals surface area (Å²) in [6.07, 6.45) is 0. The number of ether oxygens (including phenoxy) is 1. The zero-order valence-corrected chi connectivity index (χ0v) is 13.1. The third kappa shape index (κ3) is 3.25. The molecule has 0 saturated heterocycles. The van der Waals surface area contributed by atoms with E-state index >= 15 is 0 Å². The van der Waals surface area contributed by atoms with E-state index in [9.17, 15) is 24.0 Å². The van der Waals surface area contributed by atoms with Gasteiger partial charge in [-0.2, -0.15) is 0 Å². The molecule has 8 nitrogen and oxygen atoms in total. The predicted molar refractivity (Wildman–Crippen MR) is 81.4 cm³/mol. The van der Waals surface area contributed by atoms with Crippen LogP contribution in [0.2, 0.25) is 0 Å². The smallest absolute Gasteiger partial charge is 0.347 e. The normalized spacial score (nSPS) is 10.1. The van der Waals surface area contributed by atoms with Gasteiger partial charge in [0.1, 0.15) is 0 Å². The molecule has 0 aliphatic heterocycles. The molecule has 0 atom stereocenters. The number of Topliss-reactive ketones (excluding diaryl/α,β-unsaturated/α-hetero) is 3. The van der Waals surface area contributed by atoms with E-state index in [4.69, 9.17) is 11.5 Å². The fourth-order valence-electron chi connectivity index (χ4n) is 2.26. The standard InChI is InChI=1S/C15H16N2O6/c1-5(18)9-10(6(2)19)13(16)14(17)11(7(3)20)12(9)15(22)23-8(4)21/h16-17H2,1-4H3. The number of nitrogens with two attached hydrogens (primary N) is 2. The lowest BCUT2D eigenvalue weighted by Crippen LogP contribution is -2.23. The molecule has 122 valence electrons. The molecular formula is C15H16N2O6. The van der Waals surface area contributed by atoms with Gasteiger partial charge in [-0.15, -0.1) is 0 Å². The number of esters is 2. The van der Waals surface area contributed by atoms with Crippen molar-refractivity contribution in [2.24, 2.45) is 0 Å². The lowest BCUT2D eigenvalue weighted by Gasteiger charge is -2.18. The maximum atomic E-state index is 12.2. The summed E-state index contributed by atoms with van der Waals surface area (Å²) in [5, 5.41) is 0. The van der Waals surface area contributed by atoms with Gasteiger partial charge in [0, 0.05) is 12.5 Å². The molecule has 0 spiro atoms. The molecule has 0 heterocycles. The van der Waals surface area contributed by atoms with E-state index in [1.807, 2.05) is 0 Å². The van der Waals surface area contributed by atoms with Gasteiger partial charge in [-0.25, -0.2) is 4.79 Å². The summed E-state index contributed by atoms with van der Waals surface area (Å²) in [6.45, 7) is 4.30. The maximum absolute atomic E-state index is 12.2. The van der Waals surface area contributed by atoms with E-state index in [1.165, 1.54) is 0 Å². The first kappa shape index (κ1) is 18.0. The Labute approximate surface area is 131 Å². The first-order valence-electron chi connectivity index (χ1n) is 6.51. The number of ketones is 3.